The Balaban J connectivity index is 1.06. The minimum Gasteiger partial charge on any atom is -0.456 e. The van der Waals surface area contributed by atoms with E-state index in [1.165, 1.54) is 16.9 Å². The van der Waals surface area contributed by atoms with Crippen LogP contribution in [0.1, 0.15) is 11.5 Å². The first-order chi connectivity index (χ1) is 25.8. The molecule has 7 aromatic carbocycles. The van der Waals surface area contributed by atoms with E-state index in [4.69, 9.17) is 8.83 Å². The van der Waals surface area contributed by atoms with Crippen molar-refractivity contribution >= 4 is 66.6 Å². The number of benzene rings is 7. The van der Waals surface area contributed by atoms with Crippen molar-refractivity contribution in [2.24, 2.45) is 0 Å². The number of para-hydroxylation sites is 5. The summed E-state index contributed by atoms with van der Waals surface area (Å²) in [5, 5.41) is 4.49. The quantitative estimate of drug-likeness (QED) is 0.183. The molecular formula is C48H32N2O2. The molecule has 2 aromatic heterocycles. The number of hydrogen-bond acceptors (Lipinski definition) is 4. The van der Waals surface area contributed by atoms with Gasteiger partial charge in [-0.1, -0.05) is 109 Å². The third-order valence-corrected chi connectivity index (χ3v) is 10.8. The van der Waals surface area contributed by atoms with E-state index in [1.807, 2.05) is 18.2 Å². The van der Waals surface area contributed by atoms with Gasteiger partial charge in [0.2, 0.25) is 0 Å². The van der Waals surface area contributed by atoms with Crippen molar-refractivity contribution in [1.82, 2.24) is 0 Å². The summed E-state index contributed by atoms with van der Waals surface area (Å²) in [6.45, 7) is 0. The molecule has 9 aromatic rings. The van der Waals surface area contributed by atoms with Crippen LogP contribution in [-0.2, 0) is 0 Å². The van der Waals surface area contributed by atoms with E-state index in [-0.39, 0.29) is 12.0 Å². The van der Waals surface area contributed by atoms with E-state index in [1.54, 1.807) is 0 Å². The fraction of sp³-hybridized carbons (Fsp3) is 0.0417. The summed E-state index contributed by atoms with van der Waals surface area (Å²) < 4.78 is 12.9. The number of anilines is 4. The second kappa shape index (κ2) is 11.4. The van der Waals surface area contributed by atoms with Crippen molar-refractivity contribution in [2.75, 3.05) is 9.80 Å². The minimum atomic E-state index is 0.104. The second-order valence-corrected chi connectivity index (χ2v) is 13.7. The standard InChI is InChI=1S/C48H32N2O2/c1-2-11-33(12-3-1)50-42-17-7-4-13-36(42)37-28-26-35(30-44(37)50)49(43-18-10-16-41-39-15-6-9-20-46(39)52-48(41)43)34-24-21-31(22-25-34)32-23-27-40-38-14-5-8-19-45(38)51-47(40)29-32/h1-30,37,44H. The third-order valence-electron chi connectivity index (χ3n) is 10.8. The predicted molar refractivity (Wildman–Crippen MR) is 214 cm³/mol. The Morgan fingerprint density at radius 3 is 2.04 bits per heavy atom. The Morgan fingerprint density at radius 2 is 1.19 bits per heavy atom. The van der Waals surface area contributed by atoms with Gasteiger partial charge >= 0.3 is 0 Å². The molecule has 246 valence electrons. The van der Waals surface area contributed by atoms with Gasteiger partial charge in [-0.2, -0.15) is 0 Å². The zero-order valence-electron chi connectivity index (χ0n) is 28.2. The molecule has 0 saturated carbocycles. The first kappa shape index (κ1) is 29.0. The molecule has 2 unspecified atom stereocenters. The normalized spacial score (nSPS) is 16.5. The summed E-state index contributed by atoms with van der Waals surface area (Å²) >= 11 is 0. The highest BCUT2D eigenvalue weighted by Gasteiger charge is 2.39. The smallest absolute Gasteiger partial charge is 0.159 e. The van der Waals surface area contributed by atoms with Crippen LogP contribution in [0.5, 0.6) is 0 Å². The van der Waals surface area contributed by atoms with Gasteiger partial charge in [-0.05, 0) is 89.5 Å². The number of nitrogens with zero attached hydrogens (tertiary/aromatic N) is 2. The number of rotatable bonds is 5. The molecule has 2 atom stereocenters. The van der Waals surface area contributed by atoms with E-state index in [0.717, 1.165) is 72.1 Å². The molecule has 1 aliphatic heterocycles. The monoisotopic (exact) mass is 668 g/mol. The molecule has 2 aliphatic rings. The summed E-state index contributed by atoms with van der Waals surface area (Å²) in [7, 11) is 0. The lowest BCUT2D eigenvalue weighted by molar-refractivity contribution is 0.668. The first-order valence-electron chi connectivity index (χ1n) is 17.8. The summed E-state index contributed by atoms with van der Waals surface area (Å²) in [5.41, 5.74) is 12.7. The van der Waals surface area contributed by atoms with Crippen molar-refractivity contribution in [2.45, 2.75) is 12.0 Å². The highest BCUT2D eigenvalue weighted by Crippen LogP contribution is 2.50. The van der Waals surface area contributed by atoms with Crippen LogP contribution in [0.3, 0.4) is 0 Å². The molecule has 0 N–H and O–H groups in total. The van der Waals surface area contributed by atoms with Crippen LogP contribution in [0.15, 0.2) is 197 Å². The Labute approximate surface area is 300 Å². The third kappa shape index (κ3) is 4.41. The van der Waals surface area contributed by atoms with Crippen LogP contribution in [0.2, 0.25) is 0 Å². The summed E-state index contributed by atoms with van der Waals surface area (Å²) in [6.07, 6.45) is 7.10. The molecule has 0 saturated heterocycles. The van der Waals surface area contributed by atoms with Crippen molar-refractivity contribution in [3.05, 3.63) is 193 Å². The molecule has 3 heterocycles. The van der Waals surface area contributed by atoms with Crippen LogP contribution in [0, 0.1) is 0 Å². The van der Waals surface area contributed by atoms with Gasteiger partial charge in [0.25, 0.3) is 0 Å². The van der Waals surface area contributed by atoms with Gasteiger partial charge in [-0.25, -0.2) is 0 Å². The lowest BCUT2D eigenvalue weighted by atomic mass is 9.90. The predicted octanol–water partition coefficient (Wildman–Crippen LogP) is 13.0. The fourth-order valence-corrected chi connectivity index (χ4v) is 8.42. The SMILES string of the molecule is C1=CC2c3ccccc3N(c3ccccc3)C2C=C1N(c1ccc(-c2ccc3c(c2)oc2ccccc23)cc1)c1cccc2c1oc1ccccc12. The van der Waals surface area contributed by atoms with Crippen molar-refractivity contribution in [3.8, 4) is 11.1 Å². The number of furan rings is 2. The molecule has 0 spiro atoms. The van der Waals surface area contributed by atoms with Crippen LogP contribution in [0.25, 0.3) is 55.0 Å². The minimum absolute atomic E-state index is 0.104. The fourth-order valence-electron chi connectivity index (χ4n) is 8.42. The molecular weight excluding hydrogens is 637 g/mol. The van der Waals surface area contributed by atoms with Gasteiger partial charge < -0.3 is 18.6 Å². The first-order valence-corrected chi connectivity index (χ1v) is 17.8. The molecule has 0 bridgehead atoms. The number of hydrogen-bond donors (Lipinski definition) is 0. The summed E-state index contributed by atoms with van der Waals surface area (Å²) in [4.78, 5) is 4.84. The summed E-state index contributed by atoms with van der Waals surface area (Å²) in [5.74, 6) is 0.236. The van der Waals surface area contributed by atoms with Gasteiger partial charge in [0.05, 0.1) is 11.7 Å². The van der Waals surface area contributed by atoms with Crippen molar-refractivity contribution < 1.29 is 8.83 Å². The largest absolute Gasteiger partial charge is 0.456 e. The van der Waals surface area contributed by atoms with E-state index in [9.17, 15) is 0 Å². The molecule has 0 fully saturated rings. The topological polar surface area (TPSA) is 32.8 Å². The van der Waals surface area contributed by atoms with Gasteiger partial charge in [0.15, 0.2) is 5.58 Å². The van der Waals surface area contributed by atoms with Crippen LogP contribution >= 0.6 is 0 Å². The van der Waals surface area contributed by atoms with E-state index in [0.29, 0.717) is 0 Å². The zero-order valence-corrected chi connectivity index (χ0v) is 28.2. The Hall–Kier alpha value is -6.78. The Bertz CT molecular complexity index is 2880. The van der Waals surface area contributed by atoms with Crippen molar-refractivity contribution in [1.29, 1.82) is 0 Å². The van der Waals surface area contributed by atoms with E-state index >= 15 is 0 Å². The molecule has 4 heteroatoms. The average Bonchev–Trinajstić information content (AvgIpc) is 3.88. The number of fused-ring (bicyclic) bond motifs is 9. The van der Waals surface area contributed by atoms with E-state index in [2.05, 4.69) is 174 Å². The lowest BCUT2D eigenvalue weighted by Crippen LogP contribution is -2.31. The number of allylic oxidation sites excluding steroid dienone is 1. The van der Waals surface area contributed by atoms with Crippen LogP contribution < -0.4 is 9.80 Å². The lowest BCUT2D eigenvalue weighted by Gasteiger charge is -2.34. The second-order valence-electron chi connectivity index (χ2n) is 13.7. The molecule has 52 heavy (non-hydrogen) atoms. The maximum Gasteiger partial charge on any atom is 0.159 e. The molecule has 4 nitrogen and oxygen atoms in total. The van der Waals surface area contributed by atoms with Gasteiger partial charge in [-0.3, -0.25) is 0 Å². The average molecular weight is 669 g/mol. The highest BCUT2D eigenvalue weighted by atomic mass is 16.3. The highest BCUT2D eigenvalue weighted by molar-refractivity contribution is 6.10. The molecule has 1 aliphatic carbocycles. The van der Waals surface area contributed by atoms with Crippen molar-refractivity contribution in [3.63, 3.8) is 0 Å². The van der Waals surface area contributed by atoms with Crippen LogP contribution in [-0.4, -0.2) is 6.04 Å². The maximum atomic E-state index is 6.65. The summed E-state index contributed by atoms with van der Waals surface area (Å²) in [6, 6.07) is 58.0. The zero-order chi connectivity index (χ0) is 34.2. The van der Waals surface area contributed by atoms with Crippen LogP contribution in [0.4, 0.5) is 22.7 Å². The van der Waals surface area contributed by atoms with Gasteiger partial charge in [0.1, 0.15) is 16.7 Å². The van der Waals surface area contributed by atoms with E-state index < -0.39 is 0 Å². The Kier molecular flexibility index (Phi) is 6.34. The Morgan fingerprint density at radius 1 is 0.519 bits per heavy atom. The maximum absolute atomic E-state index is 6.65. The molecule has 0 radical (unpaired) electrons. The van der Waals surface area contributed by atoms with Gasteiger partial charge in [-0.15, -0.1) is 0 Å². The molecule has 11 rings (SSSR count). The van der Waals surface area contributed by atoms with Gasteiger partial charge in [0, 0.05) is 50.2 Å². The molecule has 0 amide bonds.